The van der Waals surface area contributed by atoms with Gasteiger partial charge >= 0.3 is 16.1 Å². The molecule has 0 saturated heterocycles. The van der Waals surface area contributed by atoms with Crippen molar-refractivity contribution in [2.24, 2.45) is 0 Å². The zero-order chi connectivity index (χ0) is 25.3. The van der Waals surface area contributed by atoms with Crippen LogP contribution in [0.15, 0.2) is 72.8 Å². The van der Waals surface area contributed by atoms with Gasteiger partial charge in [0.2, 0.25) is 0 Å². The molecule has 0 bridgehead atoms. The summed E-state index contributed by atoms with van der Waals surface area (Å²) in [6.45, 7) is 0.328. The predicted octanol–water partition coefficient (Wildman–Crippen LogP) is 4.32. The first kappa shape index (κ1) is 26.4. The molecule has 3 aromatic carbocycles. The molecule has 9 heteroatoms. The van der Waals surface area contributed by atoms with Crippen molar-refractivity contribution in [3.63, 3.8) is 0 Å². The lowest BCUT2D eigenvalue weighted by atomic mass is 10.1. The Morgan fingerprint density at radius 1 is 0.886 bits per heavy atom. The molecule has 0 radical (unpaired) electrons. The number of aliphatic carboxylic acids is 1. The molecule has 0 fully saturated rings. The number of aromatic hydroxyl groups is 1. The number of ether oxygens (including phenoxy) is 1. The Balaban J connectivity index is 1.49. The number of thioether (sulfide) groups is 1. The van der Waals surface area contributed by atoms with E-state index in [1.165, 1.54) is 17.8 Å². The Morgan fingerprint density at radius 2 is 1.46 bits per heavy atom. The molecule has 2 N–H and O–H groups in total. The SMILES string of the molecule is CS(=O)(=O)Oc1ccccc1OCCc1ccc(CC(SCCc2ccc(O)cc2)C(=O)O)cc1. The highest BCUT2D eigenvalue weighted by Gasteiger charge is 2.18. The third kappa shape index (κ3) is 9.18. The minimum absolute atomic E-state index is 0.146. The summed E-state index contributed by atoms with van der Waals surface area (Å²) in [7, 11) is -3.65. The van der Waals surface area contributed by atoms with Crippen LogP contribution in [0.1, 0.15) is 16.7 Å². The number of para-hydroxylation sites is 2. The molecular weight excluding hydrogens is 488 g/mol. The smallest absolute Gasteiger partial charge is 0.316 e. The zero-order valence-corrected chi connectivity index (χ0v) is 20.9. The molecule has 35 heavy (non-hydrogen) atoms. The lowest BCUT2D eigenvalue weighted by Crippen LogP contribution is -2.20. The van der Waals surface area contributed by atoms with Gasteiger partial charge in [-0.05, 0) is 59.6 Å². The molecule has 0 amide bonds. The Labute approximate surface area is 209 Å². The highest BCUT2D eigenvalue weighted by atomic mass is 32.2. The van der Waals surface area contributed by atoms with Crippen LogP contribution in [0.3, 0.4) is 0 Å². The first-order valence-electron chi connectivity index (χ1n) is 11.0. The third-order valence-electron chi connectivity index (χ3n) is 5.10. The van der Waals surface area contributed by atoms with Crippen LogP contribution in [0, 0.1) is 0 Å². The maximum Gasteiger partial charge on any atom is 0.316 e. The fourth-order valence-electron chi connectivity index (χ4n) is 3.34. The third-order valence-corrected chi connectivity index (χ3v) is 6.80. The van der Waals surface area contributed by atoms with Gasteiger partial charge in [-0.15, -0.1) is 11.8 Å². The average Bonchev–Trinajstić information content (AvgIpc) is 2.81. The number of rotatable bonds is 13. The highest BCUT2D eigenvalue weighted by Crippen LogP contribution is 2.27. The molecule has 7 nitrogen and oxygen atoms in total. The molecule has 0 aliphatic carbocycles. The minimum atomic E-state index is -3.65. The van der Waals surface area contributed by atoms with Gasteiger partial charge in [-0.1, -0.05) is 48.5 Å². The number of carboxylic acids is 1. The van der Waals surface area contributed by atoms with Crippen LogP contribution in [-0.4, -0.2) is 48.5 Å². The van der Waals surface area contributed by atoms with Crippen molar-refractivity contribution in [3.8, 4) is 17.2 Å². The van der Waals surface area contributed by atoms with Gasteiger partial charge in [0.15, 0.2) is 11.5 Å². The van der Waals surface area contributed by atoms with Gasteiger partial charge in [-0.25, -0.2) is 0 Å². The van der Waals surface area contributed by atoms with E-state index in [-0.39, 0.29) is 11.5 Å². The number of benzene rings is 3. The van der Waals surface area contributed by atoms with Crippen LogP contribution in [0.25, 0.3) is 0 Å². The van der Waals surface area contributed by atoms with Crippen LogP contribution in [0.2, 0.25) is 0 Å². The van der Waals surface area contributed by atoms with E-state index in [2.05, 4.69) is 0 Å². The standard InChI is InChI=1S/C26H28O7S2/c1-35(30,31)33-24-5-3-2-4-23(24)32-16-14-19-6-8-21(9-7-19)18-25(26(28)29)34-17-15-20-10-12-22(27)13-11-20/h2-13,25,27H,14-18H2,1H3,(H,28,29). The summed E-state index contributed by atoms with van der Waals surface area (Å²) < 4.78 is 33.5. The maximum absolute atomic E-state index is 11.7. The van der Waals surface area contributed by atoms with Gasteiger partial charge in [0.05, 0.1) is 12.9 Å². The van der Waals surface area contributed by atoms with Crippen molar-refractivity contribution < 1.29 is 32.3 Å². The second-order valence-corrected chi connectivity index (χ2v) is 10.9. The second kappa shape index (κ2) is 12.5. The number of hydrogen-bond donors (Lipinski definition) is 2. The van der Waals surface area contributed by atoms with E-state index >= 15 is 0 Å². The largest absolute Gasteiger partial charge is 0.508 e. The van der Waals surface area contributed by atoms with E-state index in [1.54, 1.807) is 30.3 Å². The van der Waals surface area contributed by atoms with Crippen molar-refractivity contribution in [2.45, 2.75) is 24.5 Å². The quantitative estimate of drug-likeness (QED) is 0.323. The van der Waals surface area contributed by atoms with Crippen LogP contribution < -0.4 is 8.92 Å². The van der Waals surface area contributed by atoms with E-state index in [4.69, 9.17) is 8.92 Å². The van der Waals surface area contributed by atoms with Gasteiger partial charge in [0.1, 0.15) is 11.0 Å². The normalized spacial score (nSPS) is 12.1. The number of phenols is 1. The summed E-state index contributed by atoms with van der Waals surface area (Å²) in [5.41, 5.74) is 3.00. The first-order valence-corrected chi connectivity index (χ1v) is 13.9. The summed E-state index contributed by atoms with van der Waals surface area (Å²) in [5.74, 6) is 0.539. The summed E-state index contributed by atoms with van der Waals surface area (Å²) in [4.78, 5) is 11.7. The molecular formula is C26H28O7S2. The van der Waals surface area contributed by atoms with Gasteiger partial charge in [0, 0.05) is 6.42 Å². The molecule has 1 unspecified atom stereocenters. The van der Waals surface area contributed by atoms with Crippen LogP contribution in [-0.2, 0) is 34.2 Å². The number of carboxylic acid groups (broad SMARTS) is 1. The Hall–Kier alpha value is -3.17. The lowest BCUT2D eigenvalue weighted by Gasteiger charge is -2.13. The molecule has 0 heterocycles. The zero-order valence-electron chi connectivity index (χ0n) is 19.3. The molecule has 3 rings (SSSR count). The summed E-state index contributed by atoms with van der Waals surface area (Å²) in [6, 6.07) is 21.3. The molecule has 1 atom stereocenters. The van der Waals surface area contributed by atoms with Crippen molar-refractivity contribution in [1.82, 2.24) is 0 Å². The average molecular weight is 517 g/mol. The van der Waals surface area contributed by atoms with Gasteiger partial charge in [-0.2, -0.15) is 8.42 Å². The number of aryl methyl sites for hydroxylation is 1. The van der Waals surface area contributed by atoms with E-state index in [1.807, 2.05) is 36.4 Å². The van der Waals surface area contributed by atoms with Crippen LogP contribution in [0.5, 0.6) is 17.2 Å². The van der Waals surface area contributed by atoms with E-state index in [0.29, 0.717) is 31.0 Å². The van der Waals surface area contributed by atoms with Gasteiger partial charge < -0.3 is 19.1 Å². The molecule has 3 aromatic rings. The highest BCUT2D eigenvalue weighted by molar-refractivity contribution is 8.00. The van der Waals surface area contributed by atoms with Crippen LogP contribution in [0.4, 0.5) is 0 Å². The van der Waals surface area contributed by atoms with Crippen molar-refractivity contribution in [2.75, 3.05) is 18.6 Å². The molecule has 0 aliphatic rings. The topological polar surface area (TPSA) is 110 Å². The molecule has 0 spiro atoms. The second-order valence-electron chi connectivity index (χ2n) is 7.97. The lowest BCUT2D eigenvalue weighted by molar-refractivity contribution is -0.136. The van der Waals surface area contributed by atoms with Gasteiger partial charge in [-0.3, -0.25) is 4.79 Å². The monoisotopic (exact) mass is 516 g/mol. The van der Waals surface area contributed by atoms with Gasteiger partial charge in [0.25, 0.3) is 0 Å². The summed E-state index contributed by atoms with van der Waals surface area (Å²) in [5, 5.41) is 18.4. The summed E-state index contributed by atoms with van der Waals surface area (Å²) in [6.07, 6.45) is 2.72. The molecule has 0 saturated carbocycles. The summed E-state index contributed by atoms with van der Waals surface area (Å²) >= 11 is 1.41. The van der Waals surface area contributed by atoms with Crippen molar-refractivity contribution in [1.29, 1.82) is 0 Å². The van der Waals surface area contributed by atoms with E-state index in [9.17, 15) is 23.4 Å². The van der Waals surface area contributed by atoms with E-state index < -0.39 is 21.3 Å². The van der Waals surface area contributed by atoms with Crippen molar-refractivity contribution in [3.05, 3.63) is 89.5 Å². The van der Waals surface area contributed by atoms with Crippen molar-refractivity contribution >= 4 is 27.8 Å². The molecule has 0 aliphatic heterocycles. The Kier molecular flexibility index (Phi) is 9.45. The predicted molar refractivity (Wildman–Crippen MR) is 137 cm³/mol. The molecule has 0 aromatic heterocycles. The number of carbonyl (C=O) groups is 1. The first-order chi connectivity index (χ1) is 16.7. The molecule has 186 valence electrons. The number of phenolic OH excluding ortho intramolecular Hbond substituents is 1. The maximum atomic E-state index is 11.7. The minimum Gasteiger partial charge on any atom is -0.508 e. The number of hydrogen-bond acceptors (Lipinski definition) is 7. The Morgan fingerprint density at radius 3 is 2.09 bits per heavy atom. The van der Waals surface area contributed by atoms with Crippen LogP contribution >= 0.6 is 11.8 Å². The Bertz CT molecular complexity index is 1210. The van der Waals surface area contributed by atoms with E-state index in [0.717, 1.165) is 29.4 Å². The fourth-order valence-corrected chi connectivity index (χ4v) is 4.89. The fraction of sp³-hybridized carbons (Fsp3) is 0.269.